The molecule has 1 heterocycles. The van der Waals surface area contributed by atoms with Gasteiger partial charge in [-0.05, 0) is 42.2 Å². The molecule has 0 unspecified atom stereocenters. The molecule has 0 saturated heterocycles. The summed E-state index contributed by atoms with van der Waals surface area (Å²) in [6.45, 7) is 2.66. The lowest BCUT2D eigenvalue weighted by atomic mass is 10.1. The van der Waals surface area contributed by atoms with E-state index in [1.54, 1.807) is 11.8 Å². The first kappa shape index (κ1) is 13.8. The minimum Gasteiger partial charge on any atom is -0.330 e. The molecule has 0 aliphatic carbocycles. The van der Waals surface area contributed by atoms with Gasteiger partial charge in [-0.1, -0.05) is 36.4 Å². The quantitative estimate of drug-likeness (QED) is 0.919. The number of rotatable bonds is 5. The molecule has 0 amide bonds. The highest BCUT2D eigenvalue weighted by molar-refractivity contribution is 8.01. The Labute approximate surface area is 120 Å². The lowest BCUT2D eigenvalue weighted by molar-refractivity contribution is 0.965. The molecule has 2 N–H and O–H groups in total. The van der Waals surface area contributed by atoms with Gasteiger partial charge in [-0.15, -0.1) is 0 Å². The Morgan fingerprint density at radius 1 is 1.44 bits per heavy atom. The van der Waals surface area contributed by atoms with Crippen LogP contribution in [0.1, 0.15) is 18.3 Å². The molecule has 18 heavy (non-hydrogen) atoms. The molecule has 3 nitrogen and oxygen atoms in total. The van der Waals surface area contributed by atoms with Crippen LogP contribution in [-0.4, -0.2) is 15.9 Å². The zero-order valence-corrected chi connectivity index (χ0v) is 12.4. The lowest BCUT2D eigenvalue weighted by Gasteiger charge is -2.04. The van der Waals surface area contributed by atoms with E-state index >= 15 is 0 Å². The largest absolute Gasteiger partial charge is 0.330 e. The normalized spacial score (nSPS) is 10.8. The zero-order chi connectivity index (χ0) is 13.0. The summed E-state index contributed by atoms with van der Waals surface area (Å²) >= 11 is 9.23. The minimum atomic E-state index is 0.614. The van der Waals surface area contributed by atoms with Crippen molar-refractivity contribution >= 4 is 34.9 Å². The topological polar surface area (TPSA) is 51.8 Å². The van der Waals surface area contributed by atoms with Crippen molar-refractivity contribution in [2.75, 3.05) is 6.54 Å². The van der Waals surface area contributed by atoms with Gasteiger partial charge in [0.2, 0.25) is 0 Å². The molecule has 2 rings (SSSR count). The minimum absolute atomic E-state index is 0.614. The van der Waals surface area contributed by atoms with Crippen LogP contribution in [0.3, 0.4) is 0 Å². The highest BCUT2D eigenvalue weighted by atomic mass is 35.5. The Morgan fingerprint density at radius 3 is 2.89 bits per heavy atom. The molecular formula is C12H14ClN3S2. The van der Waals surface area contributed by atoms with Crippen molar-refractivity contribution in [3.8, 4) is 0 Å². The zero-order valence-electron chi connectivity index (χ0n) is 10.0. The van der Waals surface area contributed by atoms with Crippen molar-refractivity contribution in [3.63, 3.8) is 0 Å². The van der Waals surface area contributed by atoms with Crippen LogP contribution < -0.4 is 5.73 Å². The fraction of sp³-hybridized carbons (Fsp3) is 0.333. The van der Waals surface area contributed by atoms with Gasteiger partial charge < -0.3 is 5.73 Å². The van der Waals surface area contributed by atoms with Gasteiger partial charge in [-0.3, -0.25) is 0 Å². The van der Waals surface area contributed by atoms with Gasteiger partial charge in [0.05, 0.1) is 0 Å². The number of nitrogens with zero attached hydrogens (tertiary/aromatic N) is 2. The van der Waals surface area contributed by atoms with Crippen molar-refractivity contribution < 1.29 is 0 Å². The van der Waals surface area contributed by atoms with Crippen LogP contribution in [0.5, 0.6) is 0 Å². The molecule has 0 aliphatic heterocycles. The molecular weight excluding hydrogens is 286 g/mol. The molecule has 0 spiro atoms. The van der Waals surface area contributed by atoms with Crippen molar-refractivity contribution in [1.29, 1.82) is 0 Å². The van der Waals surface area contributed by atoms with E-state index < -0.39 is 0 Å². The van der Waals surface area contributed by atoms with Gasteiger partial charge in [0.25, 0.3) is 0 Å². The Morgan fingerprint density at radius 2 is 2.28 bits per heavy atom. The van der Waals surface area contributed by atoms with Crippen LogP contribution in [0, 0.1) is 0 Å². The van der Waals surface area contributed by atoms with Crippen LogP contribution in [0.15, 0.2) is 27.4 Å². The van der Waals surface area contributed by atoms with Crippen molar-refractivity contribution in [3.05, 3.63) is 34.6 Å². The van der Waals surface area contributed by atoms with E-state index in [4.69, 9.17) is 17.3 Å². The van der Waals surface area contributed by atoms with E-state index in [9.17, 15) is 0 Å². The first-order valence-electron chi connectivity index (χ1n) is 5.72. The average Bonchev–Trinajstić information content (AvgIpc) is 2.80. The first-order valence-corrected chi connectivity index (χ1v) is 7.68. The summed E-state index contributed by atoms with van der Waals surface area (Å²) in [5, 5.41) is 0.769. The van der Waals surface area contributed by atoms with Crippen LogP contribution in [0.4, 0.5) is 0 Å². The molecule has 0 fully saturated rings. The Balaban J connectivity index is 2.12. The second-order valence-corrected chi connectivity index (χ2v) is 6.20. The van der Waals surface area contributed by atoms with Gasteiger partial charge in [-0.25, -0.2) is 4.98 Å². The number of hydrogen-bond donors (Lipinski definition) is 1. The van der Waals surface area contributed by atoms with E-state index in [0.717, 1.165) is 38.5 Å². The van der Waals surface area contributed by atoms with E-state index in [2.05, 4.69) is 22.3 Å². The summed E-state index contributed by atoms with van der Waals surface area (Å²) in [7, 11) is 0. The van der Waals surface area contributed by atoms with Crippen molar-refractivity contribution in [1.82, 2.24) is 9.36 Å². The standard InChI is InChI=1S/C12H14ClN3S2/c1-2-11-15-12(18-16-11)17-9-4-3-8(5-6-14)10(13)7-9/h3-4,7H,2,5-6,14H2,1H3. The third-order valence-electron chi connectivity index (χ3n) is 2.41. The van der Waals surface area contributed by atoms with E-state index in [0.29, 0.717) is 6.54 Å². The summed E-state index contributed by atoms with van der Waals surface area (Å²) in [5.74, 6) is 0.897. The third kappa shape index (κ3) is 3.45. The van der Waals surface area contributed by atoms with Gasteiger partial charge in [0.1, 0.15) is 5.82 Å². The maximum absolute atomic E-state index is 6.21. The van der Waals surface area contributed by atoms with Crippen molar-refractivity contribution in [2.45, 2.75) is 29.0 Å². The summed E-state index contributed by atoms with van der Waals surface area (Å²) in [6, 6.07) is 6.04. The molecule has 1 aromatic carbocycles. The molecule has 0 atom stereocenters. The van der Waals surface area contributed by atoms with Crippen LogP contribution in [0.25, 0.3) is 0 Å². The summed E-state index contributed by atoms with van der Waals surface area (Å²) in [5.41, 5.74) is 6.62. The van der Waals surface area contributed by atoms with Gasteiger partial charge in [0.15, 0.2) is 4.34 Å². The summed E-state index contributed by atoms with van der Waals surface area (Å²) in [4.78, 5) is 5.50. The Bertz CT molecular complexity index is 528. The molecule has 1 aromatic heterocycles. The predicted octanol–water partition coefficient (Wildman–Crippen LogP) is 3.41. The lowest BCUT2D eigenvalue weighted by Crippen LogP contribution is -2.02. The van der Waals surface area contributed by atoms with Gasteiger partial charge in [0, 0.05) is 16.3 Å². The van der Waals surface area contributed by atoms with E-state index in [1.165, 1.54) is 11.5 Å². The average molecular weight is 300 g/mol. The Hall–Kier alpha value is -0.620. The van der Waals surface area contributed by atoms with Gasteiger partial charge >= 0.3 is 0 Å². The van der Waals surface area contributed by atoms with Crippen LogP contribution >= 0.6 is 34.9 Å². The molecule has 96 valence electrons. The molecule has 0 aliphatic rings. The van der Waals surface area contributed by atoms with E-state index in [1.807, 2.05) is 12.1 Å². The number of halogens is 1. The number of aryl methyl sites for hydroxylation is 1. The highest BCUT2D eigenvalue weighted by Gasteiger charge is 2.07. The SMILES string of the molecule is CCc1nsc(Sc2ccc(CCN)c(Cl)c2)n1. The monoisotopic (exact) mass is 299 g/mol. The molecule has 0 radical (unpaired) electrons. The fourth-order valence-corrected chi connectivity index (χ4v) is 3.53. The highest BCUT2D eigenvalue weighted by Crippen LogP contribution is 2.31. The maximum Gasteiger partial charge on any atom is 0.174 e. The van der Waals surface area contributed by atoms with Crippen LogP contribution in [0.2, 0.25) is 5.02 Å². The smallest absolute Gasteiger partial charge is 0.174 e. The number of aromatic nitrogens is 2. The van der Waals surface area contributed by atoms with Gasteiger partial charge in [-0.2, -0.15) is 4.37 Å². The fourth-order valence-electron chi connectivity index (χ4n) is 1.47. The number of benzene rings is 1. The summed E-state index contributed by atoms with van der Waals surface area (Å²) < 4.78 is 5.21. The number of nitrogens with two attached hydrogens (primary N) is 1. The second-order valence-electron chi connectivity index (χ2n) is 3.72. The second kappa shape index (κ2) is 6.52. The molecule has 0 bridgehead atoms. The van der Waals surface area contributed by atoms with Crippen molar-refractivity contribution in [2.24, 2.45) is 5.73 Å². The summed E-state index contributed by atoms with van der Waals surface area (Å²) in [6.07, 6.45) is 1.68. The molecule has 0 saturated carbocycles. The maximum atomic E-state index is 6.21. The first-order chi connectivity index (χ1) is 8.72. The number of hydrogen-bond acceptors (Lipinski definition) is 5. The van der Waals surface area contributed by atoms with E-state index in [-0.39, 0.29) is 0 Å². The van der Waals surface area contributed by atoms with Crippen LogP contribution in [-0.2, 0) is 12.8 Å². The Kier molecular flexibility index (Phi) is 5.00. The predicted molar refractivity (Wildman–Crippen MR) is 77.6 cm³/mol. The molecule has 2 aromatic rings. The third-order valence-corrected chi connectivity index (χ3v) is 4.54. The molecule has 6 heteroatoms.